The lowest BCUT2D eigenvalue weighted by molar-refractivity contribution is -0.118. The van der Waals surface area contributed by atoms with Gasteiger partial charge in [-0.3, -0.25) is 4.79 Å². The van der Waals surface area contributed by atoms with Crippen LogP contribution in [-0.4, -0.2) is 24.0 Å². The highest BCUT2D eigenvalue weighted by atomic mass is 33.1. The fourth-order valence-electron chi connectivity index (χ4n) is 0.470. The van der Waals surface area contributed by atoms with E-state index in [1.54, 1.807) is 6.92 Å². The van der Waals surface area contributed by atoms with E-state index in [-0.39, 0.29) is 5.91 Å². The van der Waals surface area contributed by atoms with Gasteiger partial charge < -0.3 is 5.32 Å². The summed E-state index contributed by atoms with van der Waals surface area (Å²) in [6, 6.07) is 0. The third kappa shape index (κ3) is 10.2. The van der Waals surface area contributed by atoms with Crippen molar-refractivity contribution in [2.24, 2.45) is 0 Å². The van der Waals surface area contributed by atoms with Gasteiger partial charge in [-0.15, -0.1) is 0 Å². The zero-order valence-electron chi connectivity index (χ0n) is 7.05. The molecule has 0 aliphatic carbocycles. The minimum absolute atomic E-state index is 0.0612. The Balaban J connectivity index is 2.85. The zero-order valence-corrected chi connectivity index (χ0v) is 8.69. The largest absolute Gasteiger partial charge is 0.355 e. The lowest BCUT2D eigenvalue weighted by Gasteiger charge is -2.00. The highest BCUT2D eigenvalue weighted by Gasteiger charge is 1.90. The Kier molecular flexibility index (Phi) is 8.40. The van der Waals surface area contributed by atoms with E-state index < -0.39 is 0 Å². The van der Waals surface area contributed by atoms with Crippen LogP contribution in [0.4, 0.5) is 0 Å². The Bertz CT molecular complexity index is 109. The lowest BCUT2D eigenvalue weighted by Crippen LogP contribution is -2.22. The molecular formula is C7H15NOS2. The van der Waals surface area contributed by atoms with Crippen molar-refractivity contribution in [3.63, 3.8) is 0 Å². The molecular weight excluding hydrogens is 178 g/mol. The van der Waals surface area contributed by atoms with Crippen LogP contribution >= 0.6 is 21.6 Å². The standard InChI is InChI=1S/C7H15NOS2/c1-3-5-10-11-6-4-8-7(2)9/h3-6H2,1-2H3,(H,8,9). The smallest absolute Gasteiger partial charge is 0.216 e. The molecule has 66 valence electrons. The van der Waals surface area contributed by atoms with Gasteiger partial charge in [0.1, 0.15) is 0 Å². The summed E-state index contributed by atoms with van der Waals surface area (Å²) < 4.78 is 0. The van der Waals surface area contributed by atoms with Crippen molar-refractivity contribution >= 4 is 27.5 Å². The van der Waals surface area contributed by atoms with E-state index in [0.717, 1.165) is 12.3 Å². The summed E-state index contributed by atoms with van der Waals surface area (Å²) in [5.74, 6) is 2.26. The van der Waals surface area contributed by atoms with E-state index in [4.69, 9.17) is 0 Å². The first-order valence-electron chi connectivity index (χ1n) is 3.76. The second-order valence-corrected chi connectivity index (χ2v) is 4.83. The molecule has 0 aromatic carbocycles. The average molecular weight is 193 g/mol. The van der Waals surface area contributed by atoms with Crippen molar-refractivity contribution in [2.45, 2.75) is 20.3 Å². The second kappa shape index (κ2) is 8.27. The zero-order chi connectivity index (χ0) is 8.53. The Morgan fingerprint density at radius 1 is 1.36 bits per heavy atom. The predicted molar refractivity (Wildman–Crippen MR) is 53.9 cm³/mol. The minimum Gasteiger partial charge on any atom is -0.355 e. The number of carbonyl (C=O) groups is 1. The van der Waals surface area contributed by atoms with Gasteiger partial charge in [0.2, 0.25) is 5.91 Å². The van der Waals surface area contributed by atoms with Crippen LogP contribution in [0, 0.1) is 0 Å². The van der Waals surface area contributed by atoms with Crippen LogP contribution in [0.2, 0.25) is 0 Å². The van der Waals surface area contributed by atoms with Gasteiger partial charge in [-0.25, -0.2) is 0 Å². The summed E-state index contributed by atoms with van der Waals surface area (Å²) in [5.41, 5.74) is 0. The van der Waals surface area contributed by atoms with Gasteiger partial charge in [0, 0.05) is 25.0 Å². The van der Waals surface area contributed by atoms with Crippen LogP contribution in [0.15, 0.2) is 0 Å². The molecule has 0 fully saturated rings. The molecule has 0 radical (unpaired) electrons. The summed E-state index contributed by atoms with van der Waals surface area (Å²) in [7, 11) is 3.69. The summed E-state index contributed by atoms with van der Waals surface area (Å²) in [6.07, 6.45) is 1.22. The Morgan fingerprint density at radius 3 is 2.55 bits per heavy atom. The molecule has 0 aromatic rings. The van der Waals surface area contributed by atoms with Crippen molar-refractivity contribution in [1.29, 1.82) is 0 Å². The van der Waals surface area contributed by atoms with E-state index in [2.05, 4.69) is 12.2 Å². The molecule has 1 amide bonds. The van der Waals surface area contributed by atoms with E-state index in [9.17, 15) is 4.79 Å². The molecule has 0 saturated heterocycles. The second-order valence-electron chi connectivity index (χ2n) is 2.13. The molecule has 0 aliphatic rings. The van der Waals surface area contributed by atoms with Crippen LogP contribution in [-0.2, 0) is 4.79 Å². The van der Waals surface area contributed by atoms with Gasteiger partial charge >= 0.3 is 0 Å². The lowest BCUT2D eigenvalue weighted by atomic mass is 10.6. The van der Waals surface area contributed by atoms with Crippen molar-refractivity contribution < 1.29 is 4.79 Å². The number of amides is 1. The number of carbonyl (C=O) groups excluding carboxylic acids is 1. The quantitative estimate of drug-likeness (QED) is 0.516. The molecule has 0 aromatic heterocycles. The minimum atomic E-state index is 0.0612. The SMILES string of the molecule is CCCSSCCNC(C)=O. The van der Waals surface area contributed by atoms with Gasteiger partial charge in [0.05, 0.1) is 0 Å². The molecule has 0 unspecified atom stereocenters. The first-order valence-corrected chi connectivity index (χ1v) is 6.25. The van der Waals surface area contributed by atoms with Crippen molar-refractivity contribution in [3.05, 3.63) is 0 Å². The maximum absolute atomic E-state index is 10.4. The number of nitrogens with one attached hydrogen (secondary N) is 1. The van der Waals surface area contributed by atoms with Crippen molar-refractivity contribution in [1.82, 2.24) is 5.32 Å². The van der Waals surface area contributed by atoms with E-state index >= 15 is 0 Å². The van der Waals surface area contributed by atoms with E-state index in [1.165, 1.54) is 12.2 Å². The van der Waals surface area contributed by atoms with Gasteiger partial charge in [-0.05, 0) is 6.42 Å². The highest BCUT2D eigenvalue weighted by Crippen LogP contribution is 2.20. The van der Waals surface area contributed by atoms with Gasteiger partial charge in [-0.2, -0.15) is 0 Å². The fourth-order valence-corrected chi connectivity index (χ4v) is 2.51. The van der Waals surface area contributed by atoms with Gasteiger partial charge in [0.15, 0.2) is 0 Å². The maximum Gasteiger partial charge on any atom is 0.216 e. The Labute approximate surface area is 76.3 Å². The Hall–Kier alpha value is 0.170. The Morgan fingerprint density at radius 2 is 2.00 bits per heavy atom. The molecule has 11 heavy (non-hydrogen) atoms. The third-order valence-corrected chi connectivity index (χ3v) is 3.54. The fraction of sp³-hybridized carbons (Fsp3) is 0.857. The van der Waals surface area contributed by atoms with Crippen molar-refractivity contribution in [2.75, 3.05) is 18.1 Å². The monoisotopic (exact) mass is 193 g/mol. The molecule has 0 heterocycles. The molecule has 0 aliphatic heterocycles. The summed E-state index contributed by atoms with van der Waals surface area (Å²) >= 11 is 0. The van der Waals surface area contributed by atoms with Crippen LogP contribution in [0.25, 0.3) is 0 Å². The summed E-state index contributed by atoms with van der Waals surface area (Å²) in [5, 5.41) is 2.75. The van der Waals surface area contributed by atoms with Crippen molar-refractivity contribution in [3.8, 4) is 0 Å². The van der Waals surface area contributed by atoms with Crippen LogP contribution in [0.5, 0.6) is 0 Å². The van der Waals surface area contributed by atoms with Crippen LogP contribution < -0.4 is 5.32 Å². The third-order valence-electron chi connectivity index (χ3n) is 0.930. The molecule has 0 rings (SSSR count). The number of hydrogen-bond donors (Lipinski definition) is 1. The molecule has 0 atom stereocenters. The average Bonchev–Trinajstić information content (AvgIpc) is 1.96. The van der Waals surface area contributed by atoms with Crippen LogP contribution in [0.1, 0.15) is 20.3 Å². The molecule has 2 nitrogen and oxygen atoms in total. The summed E-state index contributed by atoms with van der Waals surface area (Å²) in [6.45, 7) is 4.50. The predicted octanol–water partition coefficient (Wildman–Crippen LogP) is 1.91. The molecule has 0 bridgehead atoms. The summed E-state index contributed by atoms with van der Waals surface area (Å²) in [4.78, 5) is 10.4. The van der Waals surface area contributed by atoms with E-state index in [0.29, 0.717) is 0 Å². The topological polar surface area (TPSA) is 29.1 Å². The molecule has 4 heteroatoms. The van der Waals surface area contributed by atoms with Gasteiger partial charge in [-0.1, -0.05) is 28.5 Å². The first kappa shape index (κ1) is 11.2. The highest BCUT2D eigenvalue weighted by molar-refractivity contribution is 8.76. The maximum atomic E-state index is 10.4. The normalized spacial score (nSPS) is 9.64. The first-order chi connectivity index (χ1) is 5.27. The van der Waals surface area contributed by atoms with Gasteiger partial charge in [0.25, 0.3) is 0 Å². The molecule has 0 saturated carbocycles. The van der Waals surface area contributed by atoms with E-state index in [1.807, 2.05) is 21.6 Å². The molecule has 1 N–H and O–H groups in total. The molecule has 0 spiro atoms. The van der Waals surface area contributed by atoms with Crippen LogP contribution in [0.3, 0.4) is 0 Å². The number of hydrogen-bond acceptors (Lipinski definition) is 3. The number of rotatable bonds is 6.